The molecule has 0 radical (unpaired) electrons. The van der Waals surface area contributed by atoms with Crippen molar-refractivity contribution in [2.24, 2.45) is 7.05 Å². The number of nitrogens with one attached hydrogen (secondary N) is 1. The van der Waals surface area contributed by atoms with Crippen molar-refractivity contribution in [1.29, 1.82) is 5.26 Å². The van der Waals surface area contributed by atoms with Crippen LogP contribution in [-0.2, 0) is 13.5 Å². The van der Waals surface area contributed by atoms with Crippen LogP contribution in [0.4, 0.5) is 0 Å². The van der Waals surface area contributed by atoms with Gasteiger partial charge >= 0.3 is 0 Å². The number of hydrogen-bond acceptors (Lipinski definition) is 5. The number of halogens is 1. The lowest BCUT2D eigenvalue weighted by atomic mass is 9.93. The maximum absolute atomic E-state index is 12.4. The molecule has 0 saturated heterocycles. The predicted octanol–water partition coefficient (Wildman–Crippen LogP) is 5.77. The SMILES string of the molecule is CCc1n[nH]c(=O)c2ccc(-c3cnn(C)c3-c3c(C#N)c(OC4CC4)c4ccccc4c3Cl)cc12. The molecule has 0 amide bonds. The van der Waals surface area contributed by atoms with Crippen molar-refractivity contribution in [2.45, 2.75) is 32.3 Å². The van der Waals surface area contributed by atoms with Crippen LogP contribution in [0, 0.1) is 11.3 Å². The van der Waals surface area contributed by atoms with Gasteiger partial charge in [0.15, 0.2) is 0 Å². The van der Waals surface area contributed by atoms with Crippen molar-refractivity contribution < 1.29 is 4.74 Å². The van der Waals surface area contributed by atoms with Gasteiger partial charge in [-0.2, -0.15) is 15.5 Å². The van der Waals surface area contributed by atoms with E-state index < -0.39 is 0 Å². The van der Waals surface area contributed by atoms with Gasteiger partial charge in [-0.3, -0.25) is 9.48 Å². The van der Waals surface area contributed by atoms with Gasteiger partial charge in [0.2, 0.25) is 0 Å². The van der Waals surface area contributed by atoms with Gasteiger partial charge in [-0.1, -0.05) is 48.9 Å². The minimum atomic E-state index is -0.230. The van der Waals surface area contributed by atoms with E-state index in [-0.39, 0.29) is 11.7 Å². The van der Waals surface area contributed by atoms with Crippen LogP contribution >= 0.6 is 11.6 Å². The summed E-state index contributed by atoms with van der Waals surface area (Å²) in [6.45, 7) is 2.00. The summed E-state index contributed by atoms with van der Waals surface area (Å²) in [5.74, 6) is 0.560. The fourth-order valence-corrected chi connectivity index (χ4v) is 5.12. The van der Waals surface area contributed by atoms with Gasteiger partial charge in [-0.25, -0.2) is 5.10 Å². The molecule has 1 aliphatic carbocycles. The highest BCUT2D eigenvalue weighted by Crippen LogP contribution is 2.47. The molecule has 5 aromatic rings. The molecule has 7 nitrogen and oxygen atoms in total. The van der Waals surface area contributed by atoms with Crippen LogP contribution in [0.2, 0.25) is 5.02 Å². The molecule has 1 fully saturated rings. The lowest BCUT2D eigenvalue weighted by molar-refractivity contribution is 0.306. The highest BCUT2D eigenvalue weighted by Gasteiger charge is 2.30. The minimum absolute atomic E-state index is 0.110. The molecule has 0 atom stereocenters. The smallest absolute Gasteiger partial charge is 0.272 e. The number of nitriles is 1. The summed E-state index contributed by atoms with van der Waals surface area (Å²) in [7, 11) is 1.83. The second kappa shape index (κ2) is 8.51. The number of aromatic nitrogens is 4. The zero-order valence-electron chi connectivity index (χ0n) is 19.8. The van der Waals surface area contributed by atoms with Crippen LogP contribution < -0.4 is 10.3 Å². The van der Waals surface area contributed by atoms with Crippen LogP contribution in [0.3, 0.4) is 0 Å². The third-order valence-corrected chi connectivity index (χ3v) is 7.11. The van der Waals surface area contributed by atoms with E-state index in [0.29, 0.717) is 39.4 Å². The average Bonchev–Trinajstić information content (AvgIpc) is 3.65. The average molecular weight is 496 g/mol. The summed E-state index contributed by atoms with van der Waals surface area (Å²) in [4.78, 5) is 12.4. The Kier molecular flexibility index (Phi) is 5.27. The molecule has 1 aliphatic rings. The first-order chi connectivity index (χ1) is 17.5. The minimum Gasteiger partial charge on any atom is -0.488 e. The summed E-state index contributed by atoms with van der Waals surface area (Å²) in [6, 6.07) is 15.8. The van der Waals surface area contributed by atoms with Gasteiger partial charge in [0, 0.05) is 34.3 Å². The zero-order chi connectivity index (χ0) is 25.0. The molecule has 6 rings (SSSR count). The number of hydrogen-bond donors (Lipinski definition) is 1. The zero-order valence-corrected chi connectivity index (χ0v) is 20.6. The fraction of sp³-hybridized carbons (Fsp3) is 0.214. The molecule has 2 heterocycles. The number of aryl methyl sites for hydroxylation is 2. The summed E-state index contributed by atoms with van der Waals surface area (Å²) in [6.07, 6.45) is 4.49. The fourth-order valence-electron chi connectivity index (χ4n) is 4.77. The van der Waals surface area contributed by atoms with E-state index in [9.17, 15) is 10.1 Å². The monoisotopic (exact) mass is 495 g/mol. The number of ether oxygens (including phenoxy) is 1. The van der Waals surface area contributed by atoms with Crippen molar-refractivity contribution >= 4 is 33.1 Å². The van der Waals surface area contributed by atoms with Crippen LogP contribution in [0.15, 0.2) is 53.5 Å². The second-order valence-corrected chi connectivity index (χ2v) is 9.39. The van der Waals surface area contributed by atoms with Gasteiger partial charge < -0.3 is 4.74 Å². The molecule has 2 aromatic heterocycles. The Labute approximate surface area is 211 Å². The number of aromatic amines is 1. The molecular weight excluding hydrogens is 474 g/mol. The maximum Gasteiger partial charge on any atom is 0.272 e. The Hall–Kier alpha value is -4.15. The van der Waals surface area contributed by atoms with Crippen molar-refractivity contribution in [1.82, 2.24) is 20.0 Å². The summed E-state index contributed by atoms with van der Waals surface area (Å²) < 4.78 is 8.01. The second-order valence-electron chi connectivity index (χ2n) is 9.01. The van der Waals surface area contributed by atoms with Crippen molar-refractivity contribution in [2.75, 3.05) is 0 Å². The molecule has 1 N–H and O–H groups in total. The lowest BCUT2D eigenvalue weighted by Crippen LogP contribution is -2.10. The van der Waals surface area contributed by atoms with Gasteiger partial charge in [0.05, 0.1) is 34.1 Å². The standard InChI is InChI=1S/C28H22ClN5O2/c1-3-23-20-12-15(8-11-19(20)28(35)33-32-23)22-14-31-34(2)26(22)24-21(13-30)27(36-16-9-10-16)18-7-5-4-6-17(18)25(24)29/h4-8,11-12,14,16H,3,9-10H2,1-2H3,(H,33,35). The summed E-state index contributed by atoms with van der Waals surface area (Å²) >= 11 is 7.03. The number of H-pyrrole nitrogens is 1. The predicted molar refractivity (Wildman–Crippen MR) is 140 cm³/mol. The molecular formula is C28H22ClN5O2. The highest BCUT2D eigenvalue weighted by molar-refractivity contribution is 6.39. The third kappa shape index (κ3) is 3.45. The normalized spacial score (nSPS) is 13.3. The molecule has 0 unspecified atom stereocenters. The van der Waals surface area contributed by atoms with Crippen LogP contribution in [0.5, 0.6) is 5.75 Å². The lowest BCUT2D eigenvalue weighted by Gasteiger charge is -2.18. The maximum atomic E-state index is 12.4. The Morgan fingerprint density at radius 1 is 1.17 bits per heavy atom. The van der Waals surface area contributed by atoms with Crippen molar-refractivity contribution in [3.05, 3.63) is 75.3 Å². The highest BCUT2D eigenvalue weighted by atomic mass is 35.5. The third-order valence-electron chi connectivity index (χ3n) is 6.71. The molecule has 0 aliphatic heterocycles. The van der Waals surface area contributed by atoms with Crippen LogP contribution in [0.25, 0.3) is 43.9 Å². The Balaban J connectivity index is 1.65. The summed E-state index contributed by atoms with van der Waals surface area (Å²) in [5, 5.41) is 25.2. The first-order valence-electron chi connectivity index (χ1n) is 11.9. The first-order valence-corrected chi connectivity index (χ1v) is 12.2. The van der Waals surface area contributed by atoms with E-state index in [1.165, 1.54) is 0 Å². The van der Waals surface area contributed by atoms with E-state index in [0.717, 1.165) is 45.8 Å². The largest absolute Gasteiger partial charge is 0.488 e. The Bertz CT molecular complexity index is 1780. The molecule has 178 valence electrons. The van der Waals surface area contributed by atoms with E-state index in [1.807, 2.05) is 50.4 Å². The van der Waals surface area contributed by atoms with Crippen molar-refractivity contribution in [3.63, 3.8) is 0 Å². The quantitative estimate of drug-likeness (QED) is 0.333. The van der Waals surface area contributed by atoms with Gasteiger partial charge in [0.25, 0.3) is 5.56 Å². The van der Waals surface area contributed by atoms with E-state index in [4.69, 9.17) is 16.3 Å². The number of nitrogens with zero attached hydrogens (tertiary/aromatic N) is 4. The number of benzene rings is 3. The van der Waals surface area contributed by atoms with Crippen molar-refractivity contribution in [3.8, 4) is 34.2 Å². The molecule has 3 aromatic carbocycles. The summed E-state index contributed by atoms with van der Waals surface area (Å²) in [5.41, 5.74) is 3.91. The van der Waals surface area contributed by atoms with Gasteiger partial charge in [-0.15, -0.1) is 0 Å². The molecule has 0 spiro atoms. The van der Waals surface area contributed by atoms with E-state index >= 15 is 0 Å². The first kappa shape index (κ1) is 22.3. The number of fused-ring (bicyclic) bond motifs is 2. The van der Waals surface area contributed by atoms with Crippen LogP contribution in [-0.4, -0.2) is 26.1 Å². The van der Waals surface area contributed by atoms with Crippen LogP contribution in [0.1, 0.15) is 31.0 Å². The molecule has 36 heavy (non-hydrogen) atoms. The van der Waals surface area contributed by atoms with E-state index in [1.54, 1.807) is 16.9 Å². The Morgan fingerprint density at radius 2 is 1.94 bits per heavy atom. The van der Waals surface area contributed by atoms with Gasteiger partial charge in [-0.05, 0) is 37.0 Å². The molecule has 1 saturated carbocycles. The Morgan fingerprint density at radius 3 is 2.67 bits per heavy atom. The van der Waals surface area contributed by atoms with Gasteiger partial charge in [0.1, 0.15) is 17.4 Å². The van der Waals surface area contributed by atoms with E-state index in [2.05, 4.69) is 21.4 Å². The molecule has 0 bridgehead atoms. The molecule has 8 heteroatoms. The number of rotatable bonds is 5. The topological polar surface area (TPSA) is 96.6 Å².